The SMILES string of the molecule is Cc1cc(Br)ccc1NC(=O)c1sc2nc(-c3ccc(F)cc3)cn2c1C. The second-order valence-corrected chi connectivity index (χ2v) is 8.11. The number of thiazole rings is 1. The molecule has 136 valence electrons. The largest absolute Gasteiger partial charge is 0.321 e. The van der Waals surface area contributed by atoms with Crippen molar-refractivity contribution in [1.29, 1.82) is 0 Å². The minimum absolute atomic E-state index is 0.156. The second-order valence-electron chi connectivity index (χ2n) is 6.22. The number of nitrogens with one attached hydrogen (secondary N) is 1. The summed E-state index contributed by atoms with van der Waals surface area (Å²) in [6, 6.07) is 11.9. The van der Waals surface area contributed by atoms with E-state index in [-0.39, 0.29) is 11.7 Å². The van der Waals surface area contributed by atoms with E-state index in [9.17, 15) is 9.18 Å². The van der Waals surface area contributed by atoms with Crippen molar-refractivity contribution in [2.75, 3.05) is 5.32 Å². The lowest BCUT2D eigenvalue weighted by Crippen LogP contribution is -2.12. The molecule has 7 heteroatoms. The van der Waals surface area contributed by atoms with E-state index in [4.69, 9.17) is 0 Å². The van der Waals surface area contributed by atoms with Crippen LogP contribution in [0.1, 0.15) is 20.9 Å². The molecule has 0 saturated heterocycles. The summed E-state index contributed by atoms with van der Waals surface area (Å²) in [5.74, 6) is -0.435. The molecule has 4 aromatic rings. The molecule has 0 bridgehead atoms. The van der Waals surface area contributed by atoms with E-state index in [1.165, 1.54) is 23.5 Å². The van der Waals surface area contributed by atoms with E-state index in [1.807, 2.05) is 42.6 Å². The summed E-state index contributed by atoms with van der Waals surface area (Å²) in [4.78, 5) is 18.7. The molecular weight excluding hydrogens is 429 g/mol. The highest BCUT2D eigenvalue weighted by molar-refractivity contribution is 9.10. The molecule has 0 spiro atoms. The zero-order valence-electron chi connectivity index (χ0n) is 14.6. The number of aromatic nitrogens is 2. The first kappa shape index (κ1) is 17.9. The summed E-state index contributed by atoms with van der Waals surface area (Å²) < 4.78 is 16.0. The van der Waals surface area contributed by atoms with Gasteiger partial charge in [-0.2, -0.15) is 0 Å². The maximum atomic E-state index is 13.1. The number of imidazole rings is 1. The molecule has 0 atom stereocenters. The van der Waals surface area contributed by atoms with Crippen LogP contribution >= 0.6 is 27.3 Å². The van der Waals surface area contributed by atoms with Crippen LogP contribution in [-0.2, 0) is 0 Å². The van der Waals surface area contributed by atoms with E-state index in [2.05, 4.69) is 26.2 Å². The molecule has 4 nitrogen and oxygen atoms in total. The monoisotopic (exact) mass is 443 g/mol. The van der Waals surface area contributed by atoms with Crippen LogP contribution in [0.4, 0.5) is 10.1 Å². The van der Waals surface area contributed by atoms with Crippen LogP contribution in [0.15, 0.2) is 53.1 Å². The van der Waals surface area contributed by atoms with Gasteiger partial charge in [0.2, 0.25) is 0 Å². The topological polar surface area (TPSA) is 46.4 Å². The number of carbonyl (C=O) groups excluding carboxylic acids is 1. The number of benzene rings is 2. The molecule has 0 fully saturated rings. The van der Waals surface area contributed by atoms with Crippen LogP contribution in [-0.4, -0.2) is 15.3 Å². The van der Waals surface area contributed by atoms with Gasteiger partial charge in [0.25, 0.3) is 5.91 Å². The van der Waals surface area contributed by atoms with Crippen molar-refractivity contribution in [1.82, 2.24) is 9.38 Å². The Morgan fingerprint density at radius 2 is 1.93 bits per heavy atom. The summed E-state index contributed by atoms with van der Waals surface area (Å²) in [5, 5.41) is 2.97. The van der Waals surface area contributed by atoms with Crippen LogP contribution in [0.2, 0.25) is 0 Å². The summed E-state index contributed by atoms with van der Waals surface area (Å²) in [6.45, 7) is 3.84. The standard InChI is InChI=1S/C20H15BrFN3OS/c1-11-9-14(21)5-8-16(11)23-19(26)18-12(2)25-10-17(24-20(25)27-18)13-3-6-15(22)7-4-13/h3-10H,1-2H3,(H,23,26). The molecule has 27 heavy (non-hydrogen) atoms. The quantitative estimate of drug-likeness (QED) is 0.432. The van der Waals surface area contributed by atoms with Gasteiger partial charge in [0, 0.05) is 27.6 Å². The van der Waals surface area contributed by atoms with E-state index >= 15 is 0 Å². The predicted octanol–water partition coefficient (Wildman–Crippen LogP) is 5.83. The van der Waals surface area contributed by atoms with Crippen molar-refractivity contribution in [3.8, 4) is 11.3 Å². The fourth-order valence-electron chi connectivity index (χ4n) is 2.87. The zero-order chi connectivity index (χ0) is 19.1. The Bertz CT molecular complexity index is 1160. The van der Waals surface area contributed by atoms with Crippen LogP contribution in [0.3, 0.4) is 0 Å². The van der Waals surface area contributed by atoms with Gasteiger partial charge in [-0.15, -0.1) is 0 Å². The average molecular weight is 444 g/mol. The Morgan fingerprint density at radius 1 is 1.19 bits per heavy atom. The van der Waals surface area contributed by atoms with Gasteiger partial charge in [-0.3, -0.25) is 9.20 Å². The lowest BCUT2D eigenvalue weighted by Gasteiger charge is -2.08. The minimum Gasteiger partial charge on any atom is -0.321 e. The highest BCUT2D eigenvalue weighted by atomic mass is 79.9. The first-order valence-corrected chi connectivity index (χ1v) is 9.85. The minimum atomic E-state index is -0.279. The Kier molecular flexibility index (Phi) is 4.57. The predicted molar refractivity (Wildman–Crippen MR) is 110 cm³/mol. The van der Waals surface area contributed by atoms with Gasteiger partial charge in [-0.05, 0) is 61.9 Å². The van der Waals surface area contributed by atoms with Crippen molar-refractivity contribution in [3.63, 3.8) is 0 Å². The van der Waals surface area contributed by atoms with Crippen molar-refractivity contribution in [2.24, 2.45) is 0 Å². The van der Waals surface area contributed by atoms with Crippen LogP contribution in [0.25, 0.3) is 16.2 Å². The summed E-state index contributed by atoms with van der Waals surface area (Å²) in [5.41, 5.74) is 4.17. The fourth-order valence-corrected chi connectivity index (χ4v) is 4.35. The first-order chi connectivity index (χ1) is 12.9. The molecule has 1 N–H and O–H groups in total. The Balaban J connectivity index is 1.64. The number of hydrogen-bond acceptors (Lipinski definition) is 3. The Labute approximate surface area is 167 Å². The van der Waals surface area contributed by atoms with E-state index in [1.54, 1.807) is 12.1 Å². The molecule has 1 amide bonds. The van der Waals surface area contributed by atoms with E-state index < -0.39 is 0 Å². The summed E-state index contributed by atoms with van der Waals surface area (Å²) in [6.07, 6.45) is 1.87. The highest BCUT2D eigenvalue weighted by Gasteiger charge is 2.18. The molecule has 2 aromatic heterocycles. The number of aryl methyl sites for hydroxylation is 2. The van der Waals surface area contributed by atoms with Gasteiger partial charge in [-0.1, -0.05) is 27.3 Å². The number of hydrogen-bond donors (Lipinski definition) is 1. The summed E-state index contributed by atoms with van der Waals surface area (Å²) >= 11 is 4.76. The molecule has 4 rings (SSSR count). The molecule has 0 unspecified atom stereocenters. The van der Waals surface area contributed by atoms with Gasteiger partial charge >= 0.3 is 0 Å². The molecule has 2 aromatic carbocycles. The van der Waals surface area contributed by atoms with Gasteiger partial charge in [0.15, 0.2) is 4.96 Å². The molecule has 2 heterocycles. The third kappa shape index (κ3) is 3.40. The van der Waals surface area contributed by atoms with E-state index in [0.717, 1.165) is 37.6 Å². The zero-order valence-corrected chi connectivity index (χ0v) is 17.0. The van der Waals surface area contributed by atoms with Gasteiger partial charge in [0.05, 0.1) is 5.69 Å². The molecule has 0 aliphatic rings. The highest BCUT2D eigenvalue weighted by Crippen LogP contribution is 2.28. The number of halogens is 2. The lowest BCUT2D eigenvalue weighted by molar-refractivity contribution is 0.102. The Hall–Kier alpha value is -2.51. The smallest absolute Gasteiger partial charge is 0.267 e. The molecular formula is C20H15BrFN3OS. The molecule has 0 aliphatic carbocycles. The van der Waals surface area contributed by atoms with Crippen LogP contribution in [0.5, 0.6) is 0 Å². The van der Waals surface area contributed by atoms with Crippen molar-refractivity contribution >= 4 is 43.8 Å². The molecule has 0 radical (unpaired) electrons. The normalized spacial score (nSPS) is 11.1. The lowest BCUT2D eigenvalue weighted by atomic mass is 10.2. The van der Waals surface area contributed by atoms with Crippen molar-refractivity contribution in [2.45, 2.75) is 13.8 Å². The first-order valence-electron chi connectivity index (χ1n) is 8.24. The van der Waals surface area contributed by atoms with Crippen LogP contribution in [0, 0.1) is 19.7 Å². The van der Waals surface area contributed by atoms with Crippen molar-refractivity contribution in [3.05, 3.63) is 75.1 Å². The van der Waals surface area contributed by atoms with Crippen molar-refractivity contribution < 1.29 is 9.18 Å². The Morgan fingerprint density at radius 3 is 2.59 bits per heavy atom. The van der Waals surface area contributed by atoms with Crippen LogP contribution < -0.4 is 5.32 Å². The van der Waals surface area contributed by atoms with Gasteiger partial charge in [-0.25, -0.2) is 9.37 Å². The maximum Gasteiger partial charge on any atom is 0.267 e. The number of amides is 1. The summed E-state index contributed by atoms with van der Waals surface area (Å²) in [7, 11) is 0. The third-order valence-corrected chi connectivity index (χ3v) is 5.99. The number of fused-ring (bicyclic) bond motifs is 1. The number of rotatable bonds is 3. The maximum absolute atomic E-state index is 13.1. The fraction of sp³-hybridized carbons (Fsp3) is 0.100. The molecule has 0 aliphatic heterocycles. The van der Waals surface area contributed by atoms with Gasteiger partial charge < -0.3 is 5.32 Å². The third-order valence-electron chi connectivity index (χ3n) is 4.34. The number of anilines is 1. The second kappa shape index (κ2) is 6.90. The number of nitrogens with zero attached hydrogens (tertiary/aromatic N) is 2. The van der Waals surface area contributed by atoms with Gasteiger partial charge in [0.1, 0.15) is 10.7 Å². The van der Waals surface area contributed by atoms with E-state index in [0.29, 0.717) is 4.88 Å². The molecule has 0 saturated carbocycles. The average Bonchev–Trinajstić information content (AvgIpc) is 3.18. The number of carbonyl (C=O) groups is 1.